The van der Waals surface area contributed by atoms with E-state index >= 15 is 0 Å². The first kappa shape index (κ1) is 17.8. The monoisotopic (exact) mass is 300 g/mol. The second-order valence-corrected chi connectivity index (χ2v) is 6.73. The number of hydrogen-bond acceptors (Lipinski definition) is 5. The molecule has 6 heteroatoms. The van der Waals surface area contributed by atoms with Crippen LogP contribution in [0.1, 0.15) is 33.6 Å². The highest BCUT2D eigenvalue weighted by Gasteiger charge is 2.30. The van der Waals surface area contributed by atoms with Gasteiger partial charge in [-0.05, 0) is 52.6 Å². The third-order valence-electron chi connectivity index (χ3n) is 3.66. The number of methoxy groups -OCH3 is 1. The van der Waals surface area contributed by atoms with E-state index in [2.05, 4.69) is 10.2 Å². The number of nitrogens with zero attached hydrogens (tertiary/aromatic N) is 1. The fourth-order valence-electron chi connectivity index (χ4n) is 2.59. The van der Waals surface area contributed by atoms with Crippen LogP contribution in [-0.2, 0) is 14.3 Å². The van der Waals surface area contributed by atoms with Crippen molar-refractivity contribution >= 4 is 12.1 Å². The molecule has 0 saturated carbocycles. The molecule has 122 valence electrons. The minimum absolute atomic E-state index is 0.197. The maximum Gasteiger partial charge on any atom is 0.407 e. The molecule has 0 aromatic rings. The Morgan fingerprint density at radius 1 is 1.29 bits per heavy atom. The van der Waals surface area contributed by atoms with Gasteiger partial charge in [0.1, 0.15) is 5.60 Å². The number of carbonyl (C=O) groups is 2. The number of rotatable bonds is 4. The Hall–Kier alpha value is -1.30. The lowest BCUT2D eigenvalue weighted by molar-refractivity contribution is -0.142. The summed E-state index contributed by atoms with van der Waals surface area (Å²) in [6.07, 6.45) is 0.938. The Morgan fingerprint density at radius 3 is 2.52 bits per heavy atom. The summed E-state index contributed by atoms with van der Waals surface area (Å²) >= 11 is 0. The van der Waals surface area contributed by atoms with E-state index < -0.39 is 11.7 Å². The summed E-state index contributed by atoms with van der Waals surface area (Å²) in [5.74, 6) is 0.275. The molecule has 2 atom stereocenters. The van der Waals surface area contributed by atoms with E-state index in [-0.39, 0.29) is 17.8 Å². The van der Waals surface area contributed by atoms with E-state index in [4.69, 9.17) is 9.47 Å². The van der Waals surface area contributed by atoms with Gasteiger partial charge in [-0.3, -0.25) is 4.79 Å². The van der Waals surface area contributed by atoms with Crippen molar-refractivity contribution in [2.45, 2.75) is 39.2 Å². The number of amides is 1. The summed E-state index contributed by atoms with van der Waals surface area (Å²) in [6.45, 7) is 7.85. The van der Waals surface area contributed by atoms with Crippen LogP contribution in [0.4, 0.5) is 4.79 Å². The summed E-state index contributed by atoms with van der Waals surface area (Å²) < 4.78 is 9.99. The first-order valence-electron chi connectivity index (χ1n) is 7.43. The molecule has 0 aromatic heterocycles. The van der Waals surface area contributed by atoms with Gasteiger partial charge >= 0.3 is 12.1 Å². The lowest BCUT2D eigenvalue weighted by atomic mass is 9.83. The molecule has 0 aliphatic carbocycles. The second-order valence-electron chi connectivity index (χ2n) is 6.73. The highest BCUT2D eigenvalue weighted by Crippen LogP contribution is 2.25. The normalized spacial score (nSPS) is 23.5. The molecule has 1 fully saturated rings. The zero-order chi connectivity index (χ0) is 16.0. The van der Waals surface area contributed by atoms with Crippen LogP contribution >= 0.6 is 0 Å². The van der Waals surface area contributed by atoms with Gasteiger partial charge in [-0.25, -0.2) is 4.79 Å². The first-order valence-corrected chi connectivity index (χ1v) is 7.43. The van der Waals surface area contributed by atoms with E-state index in [9.17, 15) is 9.59 Å². The third-order valence-corrected chi connectivity index (χ3v) is 3.66. The van der Waals surface area contributed by atoms with Crippen molar-refractivity contribution in [3.63, 3.8) is 0 Å². The van der Waals surface area contributed by atoms with Gasteiger partial charge in [0.2, 0.25) is 0 Å². The molecule has 1 saturated heterocycles. The first-order chi connectivity index (χ1) is 9.71. The zero-order valence-corrected chi connectivity index (χ0v) is 13.8. The average molecular weight is 300 g/mol. The van der Waals surface area contributed by atoms with Crippen molar-refractivity contribution in [1.29, 1.82) is 0 Å². The smallest absolute Gasteiger partial charge is 0.407 e. The molecule has 1 amide bonds. The molecular formula is C15H28N2O4. The van der Waals surface area contributed by atoms with Crippen LogP contribution in [0.3, 0.4) is 0 Å². The standard InChI is InChI=1S/C15H28N2O4/c1-15(2,3)21-14(19)16-9-11-6-7-17(4)10-12(11)8-13(18)20-5/h11-12H,6-10H2,1-5H3,(H,16,19)/t11-,12-/m0/s1. The lowest BCUT2D eigenvalue weighted by Crippen LogP contribution is -2.44. The van der Waals surface area contributed by atoms with Crippen molar-refractivity contribution in [2.24, 2.45) is 11.8 Å². The van der Waals surface area contributed by atoms with Gasteiger partial charge in [0.25, 0.3) is 0 Å². The largest absolute Gasteiger partial charge is 0.469 e. The number of hydrogen-bond donors (Lipinski definition) is 1. The molecule has 6 nitrogen and oxygen atoms in total. The summed E-state index contributed by atoms with van der Waals surface area (Å²) in [5, 5.41) is 2.81. The second kappa shape index (κ2) is 7.64. The lowest BCUT2D eigenvalue weighted by Gasteiger charge is -2.36. The maximum absolute atomic E-state index is 11.7. The van der Waals surface area contributed by atoms with Crippen molar-refractivity contribution in [2.75, 3.05) is 33.8 Å². The van der Waals surface area contributed by atoms with Crippen molar-refractivity contribution in [3.05, 3.63) is 0 Å². The minimum atomic E-state index is -0.498. The van der Waals surface area contributed by atoms with Crippen molar-refractivity contribution < 1.29 is 19.1 Å². The molecule has 1 N–H and O–H groups in total. The molecule has 0 spiro atoms. The van der Waals surface area contributed by atoms with Gasteiger partial charge in [0, 0.05) is 19.5 Å². The Bertz CT molecular complexity index is 365. The summed E-state index contributed by atoms with van der Waals surface area (Å²) in [7, 11) is 3.45. The topological polar surface area (TPSA) is 67.9 Å². The Morgan fingerprint density at radius 2 is 1.95 bits per heavy atom. The fourth-order valence-corrected chi connectivity index (χ4v) is 2.59. The van der Waals surface area contributed by atoms with Crippen LogP contribution in [0.25, 0.3) is 0 Å². The number of nitrogens with one attached hydrogen (secondary N) is 1. The Labute approximate surface area is 127 Å². The van der Waals surface area contributed by atoms with Crippen molar-refractivity contribution in [3.8, 4) is 0 Å². The number of likely N-dealkylation sites (tertiary alicyclic amines) is 1. The molecule has 0 unspecified atom stereocenters. The van der Waals surface area contributed by atoms with E-state index in [1.54, 1.807) is 0 Å². The van der Waals surface area contributed by atoms with Crippen LogP contribution in [0.2, 0.25) is 0 Å². The quantitative estimate of drug-likeness (QED) is 0.800. The fraction of sp³-hybridized carbons (Fsp3) is 0.867. The van der Waals surface area contributed by atoms with Gasteiger partial charge in [-0.15, -0.1) is 0 Å². The molecule has 0 aromatic carbocycles. The number of carbonyl (C=O) groups excluding carboxylic acids is 2. The van der Waals surface area contributed by atoms with Crippen LogP contribution in [0, 0.1) is 11.8 Å². The van der Waals surface area contributed by atoms with Crippen LogP contribution in [0.15, 0.2) is 0 Å². The molecule has 1 heterocycles. The van der Waals surface area contributed by atoms with Crippen molar-refractivity contribution in [1.82, 2.24) is 10.2 Å². The van der Waals surface area contributed by atoms with Gasteiger partial charge in [-0.1, -0.05) is 0 Å². The van der Waals surface area contributed by atoms with Gasteiger partial charge in [0.05, 0.1) is 7.11 Å². The predicted octanol–water partition coefficient (Wildman–Crippen LogP) is 1.64. The van der Waals surface area contributed by atoms with Crippen LogP contribution in [0.5, 0.6) is 0 Å². The average Bonchev–Trinajstić information content (AvgIpc) is 2.35. The summed E-state index contributed by atoms with van der Waals surface area (Å²) in [5.41, 5.74) is -0.498. The highest BCUT2D eigenvalue weighted by molar-refractivity contribution is 5.69. The summed E-state index contributed by atoms with van der Waals surface area (Å²) in [4.78, 5) is 25.4. The van der Waals surface area contributed by atoms with Crippen LogP contribution < -0.4 is 5.32 Å². The Kier molecular flexibility index (Phi) is 6.45. The van der Waals surface area contributed by atoms with E-state index in [0.29, 0.717) is 13.0 Å². The third kappa shape index (κ3) is 6.80. The maximum atomic E-state index is 11.7. The number of piperidine rings is 1. The zero-order valence-electron chi connectivity index (χ0n) is 13.8. The number of alkyl carbamates (subject to hydrolysis) is 1. The van der Waals surface area contributed by atoms with Gasteiger partial charge in [0.15, 0.2) is 0 Å². The highest BCUT2D eigenvalue weighted by atomic mass is 16.6. The SMILES string of the molecule is COC(=O)C[C@H]1CN(C)CC[C@H]1CNC(=O)OC(C)(C)C. The molecule has 0 radical (unpaired) electrons. The summed E-state index contributed by atoms with van der Waals surface area (Å²) in [6, 6.07) is 0. The number of ether oxygens (including phenoxy) is 2. The van der Waals surface area contributed by atoms with E-state index in [1.807, 2.05) is 27.8 Å². The Balaban J connectivity index is 2.49. The molecule has 1 aliphatic heterocycles. The van der Waals surface area contributed by atoms with Gasteiger partial charge in [-0.2, -0.15) is 0 Å². The molecule has 1 rings (SSSR count). The predicted molar refractivity (Wildman–Crippen MR) is 80.0 cm³/mol. The van der Waals surface area contributed by atoms with Gasteiger partial charge < -0.3 is 19.7 Å². The molecular weight excluding hydrogens is 272 g/mol. The van der Waals surface area contributed by atoms with E-state index in [0.717, 1.165) is 19.5 Å². The number of esters is 1. The minimum Gasteiger partial charge on any atom is -0.469 e. The molecule has 1 aliphatic rings. The van der Waals surface area contributed by atoms with Crippen LogP contribution in [-0.4, -0.2) is 56.4 Å². The molecule has 0 bridgehead atoms. The van der Waals surface area contributed by atoms with E-state index in [1.165, 1.54) is 7.11 Å². The molecule has 21 heavy (non-hydrogen) atoms.